The van der Waals surface area contributed by atoms with E-state index < -0.39 is 0 Å². The van der Waals surface area contributed by atoms with E-state index in [1.165, 1.54) is 24.9 Å². The van der Waals surface area contributed by atoms with Crippen molar-refractivity contribution in [1.29, 1.82) is 0 Å². The second-order valence-corrected chi connectivity index (χ2v) is 7.73. The summed E-state index contributed by atoms with van der Waals surface area (Å²) in [5.41, 5.74) is 2.63. The SMILES string of the molecule is CCCNC(Cc1cc(Br)cs1)c1ccc(C)cc1Br. The molecule has 0 aliphatic rings. The van der Waals surface area contributed by atoms with Crippen LogP contribution < -0.4 is 5.32 Å². The molecule has 1 N–H and O–H groups in total. The highest BCUT2D eigenvalue weighted by Crippen LogP contribution is 2.30. The molecule has 20 heavy (non-hydrogen) atoms. The minimum Gasteiger partial charge on any atom is -0.310 e. The highest BCUT2D eigenvalue weighted by molar-refractivity contribution is 9.10. The molecule has 4 heteroatoms. The van der Waals surface area contributed by atoms with Crippen molar-refractivity contribution in [3.8, 4) is 0 Å². The summed E-state index contributed by atoms with van der Waals surface area (Å²) < 4.78 is 2.37. The Morgan fingerprint density at radius 3 is 2.65 bits per heavy atom. The number of aryl methyl sites for hydroxylation is 1. The first-order valence-corrected chi connectivity index (χ1v) is 9.29. The first-order valence-electron chi connectivity index (χ1n) is 6.82. The summed E-state index contributed by atoms with van der Waals surface area (Å²) >= 11 is 9.06. The topological polar surface area (TPSA) is 12.0 Å². The number of halogens is 2. The van der Waals surface area contributed by atoms with Gasteiger partial charge in [0.05, 0.1) is 0 Å². The normalized spacial score (nSPS) is 12.6. The molecule has 0 aliphatic heterocycles. The van der Waals surface area contributed by atoms with Crippen molar-refractivity contribution in [2.75, 3.05) is 6.54 Å². The van der Waals surface area contributed by atoms with Crippen LogP contribution in [0.2, 0.25) is 0 Å². The first kappa shape index (κ1) is 16.2. The Morgan fingerprint density at radius 2 is 2.05 bits per heavy atom. The standard InChI is InChI=1S/C16H19Br2NS/c1-3-6-19-16(9-13-8-12(17)10-20-13)14-5-4-11(2)7-15(14)18/h4-5,7-8,10,16,19H,3,6,9H2,1-2H3. The van der Waals surface area contributed by atoms with Gasteiger partial charge in [0, 0.05) is 31.7 Å². The zero-order chi connectivity index (χ0) is 14.5. The highest BCUT2D eigenvalue weighted by Gasteiger charge is 2.15. The first-order chi connectivity index (χ1) is 9.60. The largest absolute Gasteiger partial charge is 0.310 e. The van der Waals surface area contributed by atoms with Gasteiger partial charge in [-0.15, -0.1) is 11.3 Å². The van der Waals surface area contributed by atoms with Crippen molar-refractivity contribution in [1.82, 2.24) is 5.32 Å². The third-order valence-corrected chi connectivity index (χ3v) is 5.61. The van der Waals surface area contributed by atoms with Crippen LogP contribution in [0, 0.1) is 6.92 Å². The number of nitrogens with one attached hydrogen (secondary N) is 1. The third-order valence-electron chi connectivity index (χ3n) is 3.20. The van der Waals surface area contributed by atoms with Gasteiger partial charge in [0.25, 0.3) is 0 Å². The number of hydrogen-bond acceptors (Lipinski definition) is 2. The number of benzene rings is 1. The maximum Gasteiger partial charge on any atom is 0.0380 e. The van der Waals surface area contributed by atoms with Crippen LogP contribution in [-0.4, -0.2) is 6.54 Å². The Bertz CT molecular complexity index is 565. The molecule has 1 nitrogen and oxygen atoms in total. The second-order valence-electron chi connectivity index (χ2n) is 4.97. The van der Waals surface area contributed by atoms with Crippen molar-refractivity contribution in [2.24, 2.45) is 0 Å². The summed E-state index contributed by atoms with van der Waals surface area (Å²) in [6, 6.07) is 9.18. The zero-order valence-corrected chi connectivity index (χ0v) is 15.7. The summed E-state index contributed by atoms with van der Waals surface area (Å²) in [5, 5.41) is 5.81. The Hall–Kier alpha value is -0.160. The van der Waals surface area contributed by atoms with Gasteiger partial charge in [-0.2, -0.15) is 0 Å². The van der Waals surface area contributed by atoms with Crippen LogP contribution in [0.4, 0.5) is 0 Å². The lowest BCUT2D eigenvalue weighted by Gasteiger charge is -2.20. The average molecular weight is 417 g/mol. The average Bonchev–Trinajstić information content (AvgIpc) is 2.80. The molecule has 0 saturated carbocycles. The van der Waals surface area contributed by atoms with Crippen molar-refractivity contribution in [2.45, 2.75) is 32.7 Å². The Kier molecular flexibility index (Phi) is 6.27. The van der Waals surface area contributed by atoms with Gasteiger partial charge in [-0.1, -0.05) is 35.0 Å². The van der Waals surface area contributed by atoms with Gasteiger partial charge in [-0.3, -0.25) is 0 Å². The molecule has 1 atom stereocenters. The molecule has 2 rings (SSSR count). The molecule has 0 spiro atoms. The molecule has 108 valence electrons. The molecule has 0 bridgehead atoms. The fraction of sp³-hybridized carbons (Fsp3) is 0.375. The van der Waals surface area contributed by atoms with E-state index in [1.54, 1.807) is 0 Å². The monoisotopic (exact) mass is 415 g/mol. The predicted octanol–water partition coefficient (Wildman–Crippen LogP) is 5.86. The van der Waals surface area contributed by atoms with Crippen molar-refractivity contribution in [3.05, 3.63) is 54.6 Å². The molecule has 1 unspecified atom stereocenters. The Labute approximate surface area is 142 Å². The van der Waals surface area contributed by atoms with Crippen molar-refractivity contribution in [3.63, 3.8) is 0 Å². The summed E-state index contributed by atoms with van der Waals surface area (Å²) in [6.07, 6.45) is 2.17. The number of hydrogen-bond donors (Lipinski definition) is 1. The van der Waals surface area contributed by atoms with E-state index in [0.29, 0.717) is 6.04 Å². The predicted molar refractivity (Wildman–Crippen MR) is 95.6 cm³/mol. The van der Waals surface area contributed by atoms with Gasteiger partial charge in [0.1, 0.15) is 0 Å². The van der Waals surface area contributed by atoms with Crippen LogP contribution in [0.15, 0.2) is 38.6 Å². The van der Waals surface area contributed by atoms with Crippen molar-refractivity contribution < 1.29 is 0 Å². The van der Waals surface area contributed by atoms with Gasteiger partial charge in [-0.05, 0) is 59.1 Å². The lowest BCUT2D eigenvalue weighted by molar-refractivity contribution is 0.530. The lowest BCUT2D eigenvalue weighted by atomic mass is 10.0. The van der Waals surface area contributed by atoms with E-state index in [-0.39, 0.29) is 0 Å². The van der Waals surface area contributed by atoms with Crippen LogP contribution >= 0.6 is 43.2 Å². The molecule has 1 aromatic carbocycles. The summed E-state index contributed by atoms with van der Waals surface area (Å²) in [5.74, 6) is 0. The van der Waals surface area contributed by atoms with E-state index in [0.717, 1.165) is 19.4 Å². The molecular formula is C16H19Br2NS. The van der Waals surface area contributed by atoms with Gasteiger partial charge in [0.2, 0.25) is 0 Å². The Balaban J connectivity index is 2.22. The van der Waals surface area contributed by atoms with Crippen LogP contribution in [0.3, 0.4) is 0 Å². The minimum atomic E-state index is 0.357. The minimum absolute atomic E-state index is 0.357. The van der Waals surface area contributed by atoms with Gasteiger partial charge in [-0.25, -0.2) is 0 Å². The van der Waals surface area contributed by atoms with Crippen LogP contribution in [0.1, 0.15) is 35.4 Å². The Morgan fingerprint density at radius 1 is 1.25 bits per heavy atom. The summed E-state index contributed by atoms with van der Waals surface area (Å²) in [6.45, 7) is 5.37. The second kappa shape index (κ2) is 7.74. The van der Waals surface area contributed by atoms with E-state index in [2.05, 4.69) is 80.7 Å². The van der Waals surface area contributed by atoms with Crippen molar-refractivity contribution >= 4 is 43.2 Å². The summed E-state index contributed by atoms with van der Waals surface area (Å²) in [7, 11) is 0. The quantitative estimate of drug-likeness (QED) is 0.621. The molecule has 0 radical (unpaired) electrons. The van der Waals surface area contributed by atoms with Crippen LogP contribution in [0.25, 0.3) is 0 Å². The molecule has 1 aromatic heterocycles. The maximum atomic E-state index is 3.71. The fourth-order valence-electron chi connectivity index (χ4n) is 2.19. The maximum absolute atomic E-state index is 3.71. The molecular weight excluding hydrogens is 398 g/mol. The number of thiophene rings is 1. The molecule has 0 fully saturated rings. The smallest absolute Gasteiger partial charge is 0.0380 e. The highest BCUT2D eigenvalue weighted by atomic mass is 79.9. The molecule has 2 aromatic rings. The molecule has 0 amide bonds. The third kappa shape index (κ3) is 4.42. The molecule has 0 saturated heterocycles. The van der Waals surface area contributed by atoms with E-state index in [4.69, 9.17) is 0 Å². The zero-order valence-electron chi connectivity index (χ0n) is 11.7. The van der Waals surface area contributed by atoms with Gasteiger partial charge < -0.3 is 5.32 Å². The molecule has 1 heterocycles. The van der Waals surface area contributed by atoms with Gasteiger partial charge >= 0.3 is 0 Å². The van der Waals surface area contributed by atoms with E-state index >= 15 is 0 Å². The van der Waals surface area contributed by atoms with Gasteiger partial charge in [0.15, 0.2) is 0 Å². The van der Waals surface area contributed by atoms with E-state index in [9.17, 15) is 0 Å². The molecule has 0 aliphatic carbocycles. The fourth-order valence-corrected chi connectivity index (χ4v) is 4.46. The van der Waals surface area contributed by atoms with E-state index in [1.807, 2.05) is 11.3 Å². The number of rotatable bonds is 6. The van der Waals surface area contributed by atoms with Crippen LogP contribution in [-0.2, 0) is 6.42 Å². The lowest BCUT2D eigenvalue weighted by Crippen LogP contribution is -2.24. The summed E-state index contributed by atoms with van der Waals surface area (Å²) in [4.78, 5) is 1.40. The van der Waals surface area contributed by atoms with Crippen LogP contribution in [0.5, 0.6) is 0 Å².